The molecule has 4 heteroatoms. The van der Waals surface area contributed by atoms with Crippen LogP contribution in [-0.4, -0.2) is 16.3 Å². The van der Waals surface area contributed by atoms with Crippen LogP contribution in [0.3, 0.4) is 0 Å². The molecule has 0 bridgehead atoms. The first-order valence-electron chi connectivity index (χ1n) is 5.62. The standard InChI is InChI=1S/C13H15N3O/c1-3-14-13-12(17)9-10(2)16(15-13)11-7-5-4-6-8-11/h4-9H,3H2,1-2H3,(H,14,15). The van der Waals surface area contributed by atoms with Crippen molar-refractivity contribution < 1.29 is 0 Å². The monoisotopic (exact) mass is 229 g/mol. The molecule has 0 saturated carbocycles. The molecule has 0 unspecified atom stereocenters. The van der Waals surface area contributed by atoms with Gasteiger partial charge in [0.1, 0.15) is 0 Å². The SMILES string of the molecule is CCNc1nn(-c2ccccc2)c(C)cc1=O. The molecule has 4 nitrogen and oxygen atoms in total. The highest BCUT2D eigenvalue weighted by atomic mass is 16.1. The molecule has 88 valence electrons. The number of hydrogen-bond donors (Lipinski definition) is 1. The van der Waals surface area contributed by atoms with Crippen LogP contribution in [0.15, 0.2) is 41.2 Å². The number of aromatic nitrogens is 2. The van der Waals surface area contributed by atoms with E-state index in [1.807, 2.05) is 44.2 Å². The van der Waals surface area contributed by atoms with Crippen LogP contribution in [0.1, 0.15) is 12.6 Å². The minimum absolute atomic E-state index is 0.0727. The maximum atomic E-state index is 11.7. The van der Waals surface area contributed by atoms with E-state index >= 15 is 0 Å². The average Bonchev–Trinajstić information content (AvgIpc) is 2.34. The second-order valence-corrected chi connectivity index (χ2v) is 3.78. The Labute approximate surface area is 99.9 Å². The van der Waals surface area contributed by atoms with E-state index in [0.29, 0.717) is 12.4 Å². The normalized spacial score (nSPS) is 10.2. The molecule has 0 amide bonds. The summed E-state index contributed by atoms with van der Waals surface area (Å²) >= 11 is 0. The lowest BCUT2D eigenvalue weighted by atomic mass is 10.3. The number of hydrogen-bond acceptors (Lipinski definition) is 3. The summed E-state index contributed by atoms with van der Waals surface area (Å²) < 4.78 is 1.76. The van der Waals surface area contributed by atoms with E-state index in [1.165, 1.54) is 0 Å². The Balaban J connectivity index is 2.55. The van der Waals surface area contributed by atoms with Gasteiger partial charge in [0.2, 0.25) is 5.43 Å². The molecule has 0 radical (unpaired) electrons. The van der Waals surface area contributed by atoms with Crippen LogP contribution in [-0.2, 0) is 0 Å². The highest BCUT2D eigenvalue weighted by Gasteiger charge is 2.05. The fourth-order valence-corrected chi connectivity index (χ4v) is 1.67. The van der Waals surface area contributed by atoms with Gasteiger partial charge in [0.05, 0.1) is 5.69 Å². The molecule has 0 aliphatic carbocycles. The van der Waals surface area contributed by atoms with E-state index in [1.54, 1.807) is 10.7 Å². The van der Waals surface area contributed by atoms with E-state index in [2.05, 4.69) is 10.4 Å². The average molecular weight is 229 g/mol. The van der Waals surface area contributed by atoms with Crippen LogP contribution in [0.25, 0.3) is 5.69 Å². The van der Waals surface area contributed by atoms with Crippen molar-refractivity contribution in [1.29, 1.82) is 0 Å². The maximum absolute atomic E-state index is 11.7. The van der Waals surface area contributed by atoms with Crippen LogP contribution < -0.4 is 10.7 Å². The summed E-state index contributed by atoms with van der Waals surface area (Å²) in [7, 11) is 0. The Morgan fingerprint density at radius 1 is 1.29 bits per heavy atom. The zero-order valence-corrected chi connectivity index (χ0v) is 9.97. The maximum Gasteiger partial charge on any atom is 0.224 e. The molecule has 17 heavy (non-hydrogen) atoms. The lowest BCUT2D eigenvalue weighted by molar-refractivity contribution is 0.801. The number of nitrogens with one attached hydrogen (secondary N) is 1. The molecule has 0 saturated heterocycles. The van der Waals surface area contributed by atoms with Crippen molar-refractivity contribution in [3.8, 4) is 5.69 Å². The molecule has 0 aliphatic rings. The molecule has 1 N–H and O–H groups in total. The number of aryl methyl sites for hydroxylation is 1. The van der Waals surface area contributed by atoms with Crippen LogP contribution in [0.2, 0.25) is 0 Å². The van der Waals surface area contributed by atoms with Gasteiger partial charge in [-0.1, -0.05) is 18.2 Å². The Hall–Kier alpha value is -2.10. The molecule has 1 aromatic heterocycles. The van der Waals surface area contributed by atoms with Crippen LogP contribution in [0, 0.1) is 6.92 Å². The molecule has 1 heterocycles. The van der Waals surface area contributed by atoms with E-state index in [-0.39, 0.29) is 5.43 Å². The summed E-state index contributed by atoms with van der Waals surface area (Å²) in [6, 6.07) is 11.4. The first-order chi connectivity index (χ1) is 8.22. The zero-order valence-electron chi connectivity index (χ0n) is 9.97. The summed E-state index contributed by atoms with van der Waals surface area (Å²) in [6.07, 6.45) is 0. The molecule has 0 atom stereocenters. The largest absolute Gasteiger partial charge is 0.366 e. The summed E-state index contributed by atoms with van der Waals surface area (Å²) in [5.41, 5.74) is 1.70. The highest BCUT2D eigenvalue weighted by Crippen LogP contribution is 2.08. The molecule has 2 aromatic rings. The minimum atomic E-state index is -0.0727. The molecule has 0 fully saturated rings. The van der Waals surface area contributed by atoms with Gasteiger partial charge in [-0.2, -0.15) is 0 Å². The zero-order chi connectivity index (χ0) is 12.3. The minimum Gasteiger partial charge on any atom is -0.366 e. The molecular weight excluding hydrogens is 214 g/mol. The van der Waals surface area contributed by atoms with Crippen LogP contribution in [0.5, 0.6) is 0 Å². The van der Waals surface area contributed by atoms with Crippen molar-refractivity contribution in [2.24, 2.45) is 0 Å². The summed E-state index contributed by atoms with van der Waals surface area (Å²) in [6.45, 7) is 4.49. The summed E-state index contributed by atoms with van der Waals surface area (Å²) in [5.74, 6) is 0.391. The number of benzene rings is 1. The van der Waals surface area contributed by atoms with Crippen LogP contribution >= 0.6 is 0 Å². The quantitative estimate of drug-likeness (QED) is 0.875. The number of anilines is 1. The van der Waals surface area contributed by atoms with Gasteiger partial charge < -0.3 is 5.32 Å². The van der Waals surface area contributed by atoms with Crippen molar-refractivity contribution in [2.45, 2.75) is 13.8 Å². The molecular formula is C13H15N3O. The van der Waals surface area contributed by atoms with Crippen molar-refractivity contribution in [1.82, 2.24) is 9.78 Å². The number of para-hydroxylation sites is 1. The van der Waals surface area contributed by atoms with E-state index < -0.39 is 0 Å². The van der Waals surface area contributed by atoms with E-state index in [9.17, 15) is 4.79 Å². The van der Waals surface area contributed by atoms with Crippen molar-refractivity contribution in [3.05, 3.63) is 52.3 Å². The first-order valence-corrected chi connectivity index (χ1v) is 5.62. The van der Waals surface area contributed by atoms with Crippen LogP contribution in [0.4, 0.5) is 5.82 Å². The third-order valence-corrected chi connectivity index (χ3v) is 2.45. The second-order valence-electron chi connectivity index (χ2n) is 3.78. The van der Waals surface area contributed by atoms with Gasteiger partial charge in [-0.15, -0.1) is 5.10 Å². The highest BCUT2D eigenvalue weighted by molar-refractivity contribution is 5.38. The van der Waals surface area contributed by atoms with Gasteiger partial charge in [0.25, 0.3) is 0 Å². The van der Waals surface area contributed by atoms with Gasteiger partial charge in [-0.3, -0.25) is 4.79 Å². The van der Waals surface area contributed by atoms with Gasteiger partial charge in [0, 0.05) is 18.3 Å². The topological polar surface area (TPSA) is 46.9 Å². The Morgan fingerprint density at radius 2 is 2.00 bits per heavy atom. The fourth-order valence-electron chi connectivity index (χ4n) is 1.67. The lowest BCUT2D eigenvalue weighted by Gasteiger charge is -2.11. The van der Waals surface area contributed by atoms with Crippen molar-refractivity contribution >= 4 is 5.82 Å². The predicted molar refractivity (Wildman–Crippen MR) is 68.7 cm³/mol. The molecule has 1 aromatic carbocycles. The Bertz CT molecular complexity index is 561. The van der Waals surface area contributed by atoms with Gasteiger partial charge in [-0.05, 0) is 26.0 Å². The summed E-state index contributed by atoms with van der Waals surface area (Å²) in [5, 5.41) is 7.29. The third-order valence-electron chi connectivity index (χ3n) is 2.45. The van der Waals surface area contributed by atoms with E-state index in [4.69, 9.17) is 0 Å². The smallest absolute Gasteiger partial charge is 0.224 e. The van der Waals surface area contributed by atoms with Crippen molar-refractivity contribution in [2.75, 3.05) is 11.9 Å². The summed E-state index contributed by atoms with van der Waals surface area (Å²) in [4.78, 5) is 11.7. The predicted octanol–water partition coefficient (Wildman–Crippen LogP) is 1.97. The molecule has 2 rings (SSSR count). The first kappa shape index (κ1) is 11.4. The lowest BCUT2D eigenvalue weighted by Crippen LogP contribution is -2.19. The second kappa shape index (κ2) is 4.82. The van der Waals surface area contributed by atoms with Gasteiger partial charge in [0.15, 0.2) is 5.82 Å². The van der Waals surface area contributed by atoms with Crippen molar-refractivity contribution in [3.63, 3.8) is 0 Å². The Kier molecular flexibility index (Phi) is 3.23. The van der Waals surface area contributed by atoms with Gasteiger partial charge >= 0.3 is 0 Å². The van der Waals surface area contributed by atoms with Gasteiger partial charge in [-0.25, -0.2) is 4.68 Å². The molecule has 0 spiro atoms. The fraction of sp³-hybridized carbons (Fsp3) is 0.231. The number of rotatable bonds is 3. The Morgan fingerprint density at radius 3 is 2.65 bits per heavy atom. The third kappa shape index (κ3) is 2.36. The molecule has 0 aliphatic heterocycles. The number of nitrogens with zero attached hydrogens (tertiary/aromatic N) is 2. The van der Waals surface area contributed by atoms with E-state index in [0.717, 1.165) is 11.4 Å².